The summed E-state index contributed by atoms with van der Waals surface area (Å²) >= 11 is 0. The number of Topliss-reactive ketones (excluding diaryl/α,β-unsaturated/α-hetero) is 1. The maximum absolute atomic E-state index is 12.5. The van der Waals surface area contributed by atoms with Crippen molar-refractivity contribution in [3.63, 3.8) is 0 Å². The molecule has 1 aliphatic carbocycles. The zero-order valence-electron chi connectivity index (χ0n) is 15.3. The number of fused-ring (bicyclic) bond motifs is 1. The second-order valence-electron chi connectivity index (χ2n) is 7.26. The van der Waals surface area contributed by atoms with Gasteiger partial charge in [0.05, 0.1) is 19.6 Å². The lowest BCUT2D eigenvalue weighted by Crippen LogP contribution is -2.61. The highest BCUT2D eigenvalue weighted by atomic mass is 16.8. The monoisotopic (exact) mass is 404 g/mol. The first-order valence-corrected chi connectivity index (χ1v) is 8.82. The normalized spacial score (nSPS) is 45.8. The highest BCUT2D eigenvalue weighted by Crippen LogP contribution is 2.48. The van der Waals surface area contributed by atoms with E-state index in [1.54, 1.807) is 6.92 Å². The number of esters is 1. The highest BCUT2D eigenvalue weighted by Gasteiger charge is 2.63. The van der Waals surface area contributed by atoms with Gasteiger partial charge in [0.1, 0.15) is 36.3 Å². The van der Waals surface area contributed by atoms with E-state index in [-0.39, 0.29) is 12.0 Å². The fourth-order valence-corrected chi connectivity index (χ4v) is 4.02. The maximum atomic E-state index is 12.5. The van der Waals surface area contributed by atoms with Gasteiger partial charge < -0.3 is 44.5 Å². The van der Waals surface area contributed by atoms with Crippen LogP contribution in [0.1, 0.15) is 13.3 Å². The first-order valence-electron chi connectivity index (χ1n) is 8.82. The fourth-order valence-electron chi connectivity index (χ4n) is 4.02. The van der Waals surface area contributed by atoms with Gasteiger partial charge in [-0.15, -0.1) is 0 Å². The zero-order valence-corrected chi connectivity index (χ0v) is 15.3. The van der Waals surface area contributed by atoms with Crippen molar-refractivity contribution in [1.82, 2.24) is 0 Å². The summed E-state index contributed by atoms with van der Waals surface area (Å²) in [4.78, 5) is 24.5. The van der Waals surface area contributed by atoms with Crippen molar-refractivity contribution < 1.29 is 54.1 Å². The second kappa shape index (κ2) is 7.67. The average Bonchev–Trinajstić information content (AvgIpc) is 2.91. The van der Waals surface area contributed by atoms with Crippen molar-refractivity contribution in [3.8, 4) is 0 Å². The summed E-state index contributed by atoms with van der Waals surface area (Å²) in [5, 5.41) is 50.2. The van der Waals surface area contributed by atoms with Crippen molar-refractivity contribution >= 4 is 11.8 Å². The van der Waals surface area contributed by atoms with Crippen LogP contribution in [0.25, 0.3) is 0 Å². The molecular weight excluding hydrogens is 380 g/mol. The molecule has 0 aromatic carbocycles. The van der Waals surface area contributed by atoms with E-state index in [2.05, 4.69) is 4.74 Å². The first kappa shape index (κ1) is 21.1. The lowest BCUT2D eigenvalue weighted by molar-refractivity contribution is -0.346. The van der Waals surface area contributed by atoms with Gasteiger partial charge in [-0.2, -0.15) is 0 Å². The number of hydrogen-bond donors (Lipinski definition) is 5. The molecule has 158 valence electrons. The molecule has 0 spiro atoms. The number of ketones is 1. The van der Waals surface area contributed by atoms with E-state index in [4.69, 9.17) is 14.2 Å². The quantitative estimate of drug-likeness (QED) is 0.306. The summed E-state index contributed by atoms with van der Waals surface area (Å²) in [5.41, 5.74) is -2.56. The number of rotatable bonds is 4. The molecule has 11 heteroatoms. The van der Waals surface area contributed by atoms with Crippen molar-refractivity contribution in [2.24, 2.45) is 11.8 Å². The van der Waals surface area contributed by atoms with E-state index < -0.39 is 72.8 Å². The van der Waals surface area contributed by atoms with E-state index in [1.807, 2.05) is 0 Å². The van der Waals surface area contributed by atoms with Gasteiger partial charge in [0, 0.05) is 6.42 Å². The van der Waals surface area contributed by atoms with Crippen LogP contribution in [0.3, 0.4) is 0 Å². The van der Waals surface area contributed by atoms with Crippen LogP contribution in [-0.2, 0) is 28.5 Å². The largest absolute Gasteiger partial charge is 0.471 e. The molecule has 1 saturated carbocycles. The predicted molar refractivity (Wildman–Crippen MR) is 87.1 cm³/mol. The van der Waals surface area contributed by atoms with Crippen LogP contribution >= 0.6 is 0 Å². The van der Waals surface area contributed by atoms with Gasteiger partial charge in [0.25, 0.3) is 0 Å². The fraction of sp³-hybridized carbons (Fsp3) is 0.765. The Balaban J connectivity index is 1.88. The number of aliphatic hydroxyl groups excluding tert-OH is 4. The number of aliphatic hydroxyl groups is 5. The summed E-state index contributed by atoms with van der Waals surface area (Å²) in [6.45, 7) is 1.01. The Bertz CT molecular complexity index is 661. The molecule has 3 aliphatic rings. The van der Waals surface area contributed by atoms with E-state index in [0.717, 1.165) is 13.4 Å². The van der Waals surface area contributed by atoms with Crippen molar-refractivity contribution in [2.75, 3.05) is 13.7 Å². The summed E-state index contributed by atoms with van der Waals surface area (Å²) in [5.74, 6) is -3.01. The summed E-state index contributed by atoms with van der Waals surface area (Å²) in [6, 6.07) is 0. The molecule has 0 bridgehead atoms. The van der Waals surface area contributed by atoms with Gasteiger partial charge in [-0.3, -0.25) is 4.79 Å². The Hall–Kier alpha value is -1.60. The van der Waals surface area contributed by atoms with E-state index in [9.17, 15) is 35.1 Å². The van der Waals surface area contributed by atoms with Crippen LogP contribution in [0.15, 0.2) is 11.8 Å². The molecule has 0 unspecified atom stereocenters. The summed E-state index contributed by atoms with van der Waals surface area (Å²) in [7, 11) is 1.10. The molecule has 0 aromatic heterocycles. The molecule has 2 heterocycles. The van der Waals surface area contributed by atoms with Crippen LogP contribution in [0.4, 0.5) is 0 Å². The second-order valence-corrected chi connectivity index (χ2v) is 7.26. The Morgan fingerprint density at radius 1 is 1.25 bits per heavy atom. The van der Waals surface area contributed by atoms with E-state index >= 15 is 0 Å². The Morgan fingerprint density at radius 3 is 2.54 bits per heavy atom. The number of carbonyl (C=O) groups excluding carboxylic acids is 2. The van der Waals surface area contributed by atoms with Crippen LogP contribution in [0.2, 0.25) is 0 Å². The van der Waals surface area contributed by atoms with E-state index in [0.29, 0.717) is 0 Å². The minimum Gasteiger partial charge on any atom is -0.471 e. The van der Waals surface area contributed by atoms with Gasteiger partial charge >= 0.3 is 5.97 Å². The van der Waals surface area contributed by atoms with Crippen molar-refractivity contribution in [2.45, 2.75) is 55.9 Å². The van der Waals surface area contributed by atoms with Crippen molar-refractivity contribution in [1.29, 1.82) is 0 Å². The molecule has 0 amide bonds. The van der Waals surface area contributed by atoms with Crippen LogP contribution in [0.5, 0.6) is 0 Å². The topological polar surface area (TPSA) is 172 Å². The minimum absolute atomic E-state index is 0.0482. The third kappa shape index (κ3) is 3.12. The van der Waals surface area contributed by atoms with E-state index in [1.165, 1.54) is 0 Å². The van der Waals surface area contributed by atoms with Gasteiger partial charge in [0.15, 0.2) is 17.7 Å². The molecule has 11 nitrogen and oxygen atoms in total. The molecule has 0 aromatic rings. The molecule has 28 heavy (non-hydrogen) atoms. The van der Waals surface area contributed by atoms with Gasteiger partial charge in [0.2, 0.25) is 6.29 Å². The minimum atomic E-state index is -2.20. The molecule has 1 saturated heterocycles. The standard InChI is InChI=1S/C17H24O11/c1-6-3-9(19)17(24)7(14(23)25-2)5-26-15(10(6)17)28-16-13(22)12(21)11(20)8(4-18)27-16/h5-6,8,10-13,15-16,18,20-22,24H,3-4H2,1-2H3/t6-,8+,10-,11+,12-,13+,15+,16-,17+/m1/s1. The molecule has 0 radical (unpaired) electrons. The lowest BCUT2D eigenvalue weighted by atomic mass is 9.79. The number of hydrogen-bond acceptors (Lipinski definition) is 11. The molecule has 2 fully saturated rings. The molecule has 3 rings (SSSR count). The number of methoxy groups -OCH3 is 1. The molecule has 5 N–H and O–H groups in total. The lowest BCUT2D eigenvalue weighted by Gasteiger charge is -2.44. The van der Waals surface area contributed by atoms with Crippen molar-refractivity contribution in [3.05, 3.63) is 11.8 Å². The molecule has 2 aliphatic heterocycles. The third-order valence-electron chi connectivity index (χ3n) is 5.57. The summed E-state index contributed by atoms with van der Waals surface area (Å²) in [6.07, 6.45) is -8.14. The molecular formula is C17H24O11. The third-order valence-corrected chi connectivity index (χ3v) is 5.57. The van der Waals surface area contributed by atoms with Crippen LogP contribution < -0.4 is 0 Å². The Labute approximate surface area is 160 Å². The van der Waals surface area contributed by atoms with Gasteiger partial charge in [-0.1, -0.05) is 6.92 Å². The smallest absolute Gasteiger partial charge is 0.340 e. The van der Waals surface area contributed by atoms with Crippen LogP contribution in [-0.4, -0.2) is 93.6 Å². The number of ether oxygens (including phenoxy) is 4. The summed E-state index contributed by atoms with van der Waals surface area (Å²) < 4.78 is 20.9. The predicted octanol–water partition coefficient (Wildman–Crippen LogP) is -2.83. The van der Waals surface area contributed by atoms with Crippen LogP contribution in [0, 0.1) is 11.8 Å². The van der Waals surface area contributed by atoms with Gasteiger partial charge in [-0.25, -0.2) is 4.79 Å². The molecule has 9 atom stereocenters. The zero-order chi connectivity index (χ0) is 20.8. The maximum Gasteiger partial charge on any atom is 0.340 e. The first-order chi connectivity index (χ1) is 13.2. The van der Waals surface area contributed by atoms with Gasteiger partial charge in [-0.05, 0) is 5.92 Å². The highest BCUT2D eigenvalue weighted by molar-refractivity contribution is 6.04. The number of carbonyl (C=O) groups is 2. The Kier molecular flexibility index (Phi) is 5.79. The Morgan fingerprint density at radius 2 is 1.93 bits per heavy atom. The average molecular weight is 404 g/mol. The SMILES string of the molecule is COC(=O)C1=CO[C@@H](O[C@H]2O[C@@H](CO)[C@H](O)[C@@H](O)[C@@H]2O)[C@H]2[C@H](C)CC(=O)[C@@]12O.